The van der Waals surface area contributed by atoms with Gasteiger partial charge in [0, 0.05) is 45.2 Å². The van der Waals surface area contributed by atoms with Crippen molar-refractivity contribution in [2.45, 2.75) is 47.0 Å². The first-order valence-corrected chi connectivity index (χ1v) is 10.2. The molecule has 2 aliphatic heterocycles. The maximum Gasteiger partial charge on any atom is 0.149 e. The van der Waals surface area contributed by atoms with E-state index in [9.17, 15) is 4.79 Å². The molecule has 2 rings (SSSR count). The lowest BCUT2D eigenvalue weighted by Gasteiger charge is -2.39. The van der Waals surface area contributed by atoms with Crippen molar-refractivity contribution in [3.8, 4) is 0 Å². The number of carbonyl (C=O) groups is 1. The molecule has 1 atom stereocenters. The third-order valence-corrected chi connectivity index (χ3v) is 5.85. The number of hydrogen-bond donors (Lipinski definition) is 0. The Morgan fingerprint density at radius 2 is 1.50 bits per heavy atom. The Kier molecular flexibility index (Phi) is 8.18. The summed E-state index contributed by atoms with van der Waals surface area (Å²) >= 11 is 0. The predicted octanol–water partition coefficient (Wildman–Crippen LogP) is 2.59. The van der Waals surface area contributed by atoms with Crippen LogP contribution in [0.2, 0.25) is 0 Å². The Hall–Kier alpha value is -0.450. The van der Waals surface area contributed by atoms with E-state index in [0.717, 1.165) is 44.4 Å². The van der Waals surface area contributed by atoms with Gasteiger partial charge in [-0.1, -0.05) is 27.7 Å². The Balaban J connectivity index is 1.62. The molecule has 140 valence electrons. The maximum atomic E-state index is 12.1. The summed E-state index contributed by atoms with van der Waals surface area (Å²) in [5, 5.41) is 0. The van der Waals surface area contributed by atoms with Crippen LogP contribution in [0, 0.1) is 17.8 Å². The minimum absolute atomic E-state index is 0.221. The van der Waals surface area contributed by atoms with Gasteiger partial charge >= 0.3 is 0 Å². The number of piperidine rings is 1. The van der Waals surface area contributed by atoms with Gasteiger partial charge in [-0.25, -0.2) is 0 Å². The molecule has 24 heavy (non-hydrogen) atoms. The molecule has 0 aromatic carbocycles. The average Bonchev–Trinajstić information content (AvgIpc) is 2.57. The monoisotopic (exact) mass is 337 g/mol. The number of ketones is 1. The summed E-state index contributed by atoms with van der Waals surface area (Å²) in [5.41, 5.74) is 0. The summed E-state index contributed by atoms with van der Waals surface area (Å²) in [6, 6.07) is 0. The molecule has 0 bridgehead atoms. The van der Waals surface area contributed by atoms with Gasteiger partial charge in [0.2, 0.25) is 0 Å². The lowest BCUT2D eigenvalue weighted by molar-refractivity contribution is -0.124. The highest BCUT2D eigenvalue weighted by atomic mass is 16.1. The molecule has 0 saturated carbocycles. The normalized spacial score (nSPS) is 23.7. The van der Waals surface area contributed by atoms with Gasteiger partial charge in [0.25, 0.3) is 0 Å². The van der Waals surface area contributed by atoms with E-state index in [1.54, 1.807) is 0 Å². The molecule has 0 amide bonds. The number of rotatable bonds is 8. The molecule has 2 fully saturated rings. The Morgan fingerprint density at radius 3 is 2.04 bits per heavy atom. The molecule has 2 aliphatic rings. The summed E-state index contributed by atoms with van der Waals surface area (Å²) in [5.74, 6) is 2.30. The second-order valence-electron chi connectivity index (χ2n) is 8.49. The summed E-state index contributed by atoms with van der Waals surface area (Å²) in [4.78, 5) is 19.7. The van der Waals surface area contributed by atoms with Crippen molar-refractivity contribution in [3.05, 3.63) is 0 Å². The predicted molar refractivity (Wildman–Crippen MR) is 101 cm³/mol. The zero-order valence-corrected chi connectivity index (χ0v) is 16.5. The van der Waals surface area contributed by atoms with E-state index in [2.05, 4.69) is 42.4 Å². The third-order valence-electron chi connectivity index (χ3n) is 5.85. The lowest BCUT2D eigenvalue weighted by atomic mass is 9.95. The van der Waals surface area contributed by atoms with Crippen LogP contribution in [0.4, 0.5) is 0 Å². The summed E-state index contributed by atoms with van der Waals surface area (Å²) in [6.45, 7) is 19.0. The molecule has 0 N–H and O–H groups in total. The van der Waals surface area contributed by atoms with Crippen LogP contribution in [0.15, 0.2) is 0 Å². The first-order chi connectivity index (χ1) is 11.5. The van der Waals surface area contributed by atoms with Crippen molar-refractivity contribution in [3.63, 3.8) is 0 Å². The van der Waals surface area contributed by atoms with E-state index in [0.29, 0.717) is 12.3 Å². The summed E-state index contributed by atoms with van der Waals surface area (Å²) in [7, 11) is 0. The molecule has 2 heterocycles. The van der Waals surface area contributed by atoms with Gasteiger partial charge in [0.05, 0.1) is 6.54 Å². The first-order valence-electron chi connectivity index (χ1n) is 10.2. The number of piperazine rings is 1. The highest BCUT2D eigenvalue weighted by molar-refractivity contribution is 5.82. The van der Waals surface area contributed by atoms with Crippen molar-refractivity contribution in [2.75, 3.05) is 58.9 Å². The fourth-order valence-electron chi connectivity index (χ4n) is 3.97. The standard InChI is InChI=1S/C20H39N3O/c1-5-18(4)20(24)16-23-12-10-22(11-13-23)15-19-6-8-21(9-7-19)14-17(2)3/h17-19H,5-16H2,1-4H3. The topological polar surface area (TPSA) is 26.8 Å². The van der Waals surface area contributed by atoms with Gasteiger partial charge in [-0.15, -0.1) is 0 Å². The molecule has 4 heteroatoms. The number of nitrogens with zero attached hydrogens (tertiary/aromatic N) is 3. The number of likely N-dealkylation sites (tertiary alicyclic amines) is 1. The Labute approximate surface area is 149 Å². The lowest BCUT2D eigenvalue weighted by Crippen LogP contribution is -2.50. The SMILES string of the molecule is CCC(C)C(=O)CN1CCN(CC2CCN(CC(C)C)CC2)CC1. The molecule has 0 aromatic rings. The van der Waals surface area contributed by atoms with Crippen LogP contribution >= 0.6 is 0 Å². The molecule has 0 aliphatic carbocycles. The fourth-order valence-corrected chi connectivity index (χ4v) is 3.97. The van der Waals surface area contributed by atoms with Gasteiger partial charge in [-0.05, 0) is 44.2 Å². The fraction of sp³-hybridized carbons (Fsp3) is 0.950. The van der Waals surface area contributed by atoms with Gasteiger partial charge in [-0.3, -0.25) is 9.69 Å². The van der Waals surface area contributed by atoms with Gasteiger partial charge in [0.15, 0.2) is 0 Å². The Bertz CT molecular complexity index is 369. The van der Waals surface area contributed by atoms with Crippen LogP contribution in [0.1, 0.15) is 47.0 Å². The van der Waals surface area contributed by atoms with Gasteiger partial charge in [0.1, 0.15) is 5.78 Å². The van der Waals surface area contributed by atoms with Gasteiger partial charge in [-0.2, -0.15) is 0 Å². The quantitative estimate of drug-likeness (QED) is 0.680. The van der Waals surface area contributed by atoms with Crippen molar-refractivity contribution in [2.24, 2.45) is 17.8 Å². The Morgan fingerprint density at radius 1 is 0.917 bits per heavy atom. The van der Waals surface area contributed by atoms with Gasteiger partial charge < -0.3 is 9.80 Å². The minimum atomic E-state index is 0.221. The average molecular weight is 338 g/mol. The zero-order valence-electron chi connectivity index (χ0n) is 16.5. The minimum Gasteiger partial charge on any atom is -0.303 e. The second-order valence-corrected chi connectivity index (χ2v) is 8.49. The largest absolute Gasteiger partial charge is 0.303 e. The first kappa shape index (κ1) is 19.9. The van der Waals surface area contributed by atoms with Crippen molar-refractivity contribution in [1.82, 2.24) is 14.7 Å². The summed E-state index contributed by atoms with van der Waals surface area (Å²) in [6.07, 6.45) is 3.69. The number of carbonyl (C=O) groups excluding carboxylic acids is 1. The maximum absolute atomic E-state index is 12.1. The van der Waals surface area contributed by atoms with Crippen LogP contribution in [0.3, 0.4) is 0 Å². The van der Waals surface area contributed by atoms with E-state index in [1.165, 1.54) is 39.0 Å². The molecule has 1 unspecified atom stereocenters. The van der Waals surface area contributed by atoms with Crippen LogP contribution < -0.4 is 0 Å². The zero-order chi connectivity index (χ0) is 17.5. The second kappa shape index (κ2) is 9.88. The van der Waals surface area contributed by atoms with Crippen LogP contribution in [0.25, 0.3) is 0 Å². The highest BCUT2D eigenvalue weighted by Gasteiger charge is 2.25. The summed E-state index contributed by atoms with van der Waals surface area (Å²) < 4.78 is 0. The molecular formula is C20H39N3O. The molecular weight excluding hydrogens is 298 g/mol. The highest BCUT2D eigenvalue weighted by Crippen LogP contribution is 2.20. The molecule has 0 spiro atoms. The van der Waals surface area contributed by atoms with Crippen LogP contribution in [0.5, 0.6) is 0 Å². The van der Waals surface area contributed by atoms with E-state index in [1.807, 2.05) is 0 Å². The number of hydrogen-bond acceptors (Lipinski definition) is 4. The van der Waals surface area contributed by atoms with Crippen molar-refractivity contribution < 1.29 is 4.79 Å². The third kappa shape index (κ3) is 6.45. The van der Waals surface area contributed by atoms with Crippen molar-refractivity contribution >= 4 is 5.78 Å². The molecule has 4 nitrogen and oxygen atoms in total. The van der Waals surface area contributed by atoms with E-state index in [-0.39, 0.29) is 5.92 Å². The molecule has 0 radical (unpaired) electrons. The number of Topliss-reactive ketones (excluding diaryl/α,β-unsaturated/α-hetero) is 1. The van der Waals surface area contributed by atoms with E-state index >= 15 is 0 Å². The van der Waals surface area contributed by atoms with Crippen LogP contribution in [-0.4, -0.2) is 79.4 Å². The van der Waals surface area contributed by atoms with E-state index < -0.39 is 0 Å². The van der Waals surface area contributed by atoms with E-state index in [4.69, 9.17) is 0 Å². The smallest absolute Gasteiger partial charge is 0.149 e. The molecule has 0 aromatic heterocycles. The van der Waals surface area contributed by atoms with Crippen molar-refractivity contribution in [1.29, 1.82) is 0 Å². The molecule has 2 saturated heterocycles. The van der Waals surface area contributed by atoms with Crippen LogP contribution in [-0.2, 0) is 4.79 Å².